The molecule has 1 aromatic heterocycles. The number of aryl methyl sites for hydroxylation is 2. The average Bonchev–Trinajstić information content (AvgIpc) is 2.68. The minimum atomic E-state index is 0.472. The van der Waals surface area contributed by atoms with Gasteiger partial charge in [0, 0.05) is 23.5 Å². The van der Waals surface area contributed by atoms with E-state index < -0.39 is 0 Å². The lowest BCUT2D eigenvalue weighted by Crippen LogP contribution is -2.43. The molecule has 4 heteroatoms. The van der Waals surface area contributed by atoms with Crippen LogP contribution in [0, 0.1) is 13.8 Å². The maximum absolute atomic E-state index is 4.54. The van der Waals surface area contributed by atoms with Gasteiger partial charge in [0.2, 0.25) is 0 Å². The molecule has 0 bridgehead atoms. The van der Waals surface area contributed by atoms with Gasteiger partial charge in [-0.2, -0.15) is 0 Å². The van der Waals surface area contributed by atoms with Crippen LogP contribution in [0.5, 0.6) is 0 Å². The summed E-state index contributed by atoms with van der Waals surface area (Å²) in [6.45, 7) is 8.84. The normalized spacial score (nSPS) is 22.4. The van der Waals surface area contributed by atoms with Crippen molar-refractivity contribution in [2.45, 2.75) is 52.1 Å². The number of piperidine rings is 1. The predicted molar refractivity (Wildman–Crippen MR) is 78.3 cm³/mol. The fourth-order valence-electron chi connectivity index (χ4n) is 2.72. The fraction of sp³-hybridized carbons (Fsp3) is 0.786. The summed E-state index contributed by atoms with van der Waals surface area (Å²) < 4.78 is 0. The highest BCUT2D eigenvalue weighted by Gasteiger charge is 2.21. The molecular weight excluding hydrogens is 242 g/mol. The quantitative estimate of drug-likeness (QED) is 0.909. The summed E-state index contributed by atoms with van der Waals surface area (Å²) in [5.41, 5.74) is 1.20. The molecule has 1 aliphatic rings. The zero-order valence-corrected chi connectivity index (χ0v) is 12.8. The molecule has 1 aliphatic heterocycles. The smallest absolute Gasteiger partial charge is 0.0900 e. The van der Waals surface area contributed by atoms with Crippen LogP contribution in [0.25, 0.3) is 0 Å². The minimum Gasteiger partial charge on any atom is -0.313 e. The first kappa shape index (κ1) is 14.0. The van der Waals surface area contributed by atoms with E-state index in [9.17, 15) is 0 Å². The lowest BCUT2D eigenvalue weighted by molar-refractivity contribution is 0.216. The van der Waals surface area contributed by atoms with Crippen molar-refractivity contribution in [2.75, 3.05) is 20.1 Å². The highest BCUT2D eigenvalue weighted by atomic mass is 32.1. The summed E-state index contributed by atoms with van der Waals surface area (Å²) in [5.74, 6) is 0. The molecule has 102 valence electrons. The molecule has 2 unspecified atom stereocenters. The number of aromatic nitrogens is 1. The van der Waals surface area contributed by atoms with Crippen LogP contribution < -0.4 is 5.32 Å². The van der Waals surface area contributed by atoms with Gasteiger partial charge in [0.15, 0.2) is 0 Å². The fourth-order valence-corrected chi connectivity index (χ4v) is 3.77. The molecule has 0 radical (unpaired) electrons. The summed E-state index contributed by atoms with van der Waals surface area (Å²) >= 11 is 1.84. The van der Waals surface area contributed by atoms with Gasteiger partial charge in [-0.25, -0.2) is 4.98 Å². The Hall–Kier alpha value is -0.450. The zero-order chi connectivity index (χ0) is 13.1. The number of hydrogen-bond acceptors (Lipinski definition) is 4. The van der Waals surface area contributed by atoms with Crippen LogP contribution in [0.2, 0.25) is 0 Å². The Bertz CT molecular complexity index is 382. The van der Waals surface area contributed by atoms with Gasteiger partial charge in [0.05, 0.1) is 10.7 Å². The van der Waals surface area contributed by atoms with Crippen molar-refractivity contribution in [3.8, 4) is 0 Å². The number of nitrogens with zero attached hydrogens (tertiary/aromatic N) is 2. The van der Waals surface area contributed by atoms with E-state index >= 15 is 0 Å². The minimum absolute atomic E-state index is 0.472. The van der Waals surface area contributed by atoms with Crippen molar-refractivity contribution >= 4 is 11.3 Å². The van der Waals surface area contributed by atoms with Gasteiger partial charge in [-0.3, -0.25) is 4.90 Å². The lowest BCUT2D eigenvalue weighted by Gasteiger charge is -2.31. The Morgan fingerprint density at radius 1 is 1.44 bits per heavy atom. The number of nitrogens with one attached hydrogen (secondary N) is 1. The van der Waals surface area contributed by atoms with Gasteiger partial charge < -0.3 is 5.32 Å². The molecule has 2 atom stereocenters. The van der Waals surface area contributed by atoms with E-state index in [2.05, 4.69) is 43.0 Å². The lowest BCUT2D eigenvalue weighted by atomic mass is 10.0. The van der Waals surface area contributed by atoms with Crippen LogP contribution in [-0.4, -0.2) is 36.1 Å². The zero-order valence-electron chi connectivity index (χ0n) is 12.0. The molecule has 18 heavy (non-hydrogen) atoms. The van der Waals surface area contributed by atoms with Crippen LogP contribution in [0.4, 0.5) is 0 Å². The maximum Gasteiger partial charge on any atom is 0.0900 e. The molecule has 0 amide bonds. The van der Waals surface area contributed by atoms with Crippen molar-refractivity contribution in [1.29, 1.82) is 0 Å². The standard InChI is InChI=1S/C14H25N3S/c1-10-14(18-12(3)16-10)11(2)17(4)9-13-7-5-6-8-15-13/h11,13,15H,5-9H2,1-4H3. The van der Waals surface area contributed by atoms with Crippen molar-refractivity contribution in [3.63, 3.8) is 0 Å². The second-order valence-electron chi connectivity index (χ2n) is 5.44. The van der Waals surface area contributed by atoms with E-state index in [-0.39, 0.29) is 0 Å². The molecule has 1 saturated heterocycles. The topological polar surface area (TPSA) is 28.2 Å². The summed E-state index contributed by atoms with van der Waals surface area (Å²) in [5, 5.41) is 4.80. The number of thiazole rings is 1. The van der Waals surface area contributed by atoms with Crippen molar-refractivity contribution in [2.24, 2.45) is 0 Å². The third-order valence-electron chi connectivity index (χ3n) is 3.90. The second-order valence-corrected chi connectivity index (χ2v) is 6.68. The number of likely N-dealkylation sites (N-methyl/N-ethyl adjacent to an activating group) is 1. The third-order valence-corrected chi connectivity index (χ3v) is 5.14. The van der Waals surface area contributed by atoms with Crippen LogP contribution in [0.15, 0.2) is 0 Å². The maximum atomic E-state index is 4.54. The van der Waals surface area contributed by atoms with Gasteiger partial charge in [0.25, 0.3) is 0 Å². The monoisotopic (exact) mass is 267 g/mol. The summed E-state index contributed by atoms with van der Waals surface area (Å²) in [4.78, 5) is 8.42. The first-order valence-electron chi connectivity index (χ1n) is 6.95. The summed E-state index contributed by atoms with van der Waals surface area (Å²) in [7, 11) is 2.23. The molecule has 0 aromatic carbocycles. The van der Waals surface area contributed by atoms with E-state index in [1.54, 1.807) is 0 Å². The largest absolute Gasteiger partial charge is 0.313 e. The highest BCUT2D eigenvalue weighted by Crippen LogP contribution is 2.28. The second kappa shape index (κ2) is 6.13. The van der Waals surface area contributed by atoms with Gasteiger partial charge in [-0.05, 0) is 47.2 Å². The van der Waals surface area contributed by atoms with Crippen LogP contribution in [0.3, 0.4) is 0 Å². The van der Waals surface area contributed by atoms with Gasteiger partial charge in [-0.15, -0.1) is 11.3 Å². The molecule has 1 N–H and O–H groups in total. The Labute approximate surface area is 115 Å². The first-order valence-corrected chi connectivity index (χ1v) is 7.77. The third kappa shape index (κ3) is 3.31. The molecule has 0 saturated carbocycles. The van der Waals surface area contributed by atoms with Gasteiger partial charge in [0.1, 0.15) is 0 Å². The SMILES string of the molecule is Cc1nc(C)c(C(C)N(C)CC2CCCCN2)s1. The predicted octanol–water partition coefficient (Wildman–Crippen LogP) is 2.89. The van der Waals surface area contributed by atoms with Crippen molar-refractivity contribution < 1.29 is 0 Å². The first-order chi connectivity index (χ1) is 8.58. The molecular formula is C14H25N3S. The van der Waals surface area contributed by atoms with Gasteiger partial charge >= 0.3 is 0 Å². The summed E-state index contributed by atoms with van der Waals surface area (Å²) in [6, 6.07) is 1.14. The number of hydrogen-bond donors (Lipinski definition) is 1. The number of rotatable bonds is 4. The van der Waals surface area contributed by atoms with Crippen molar-refractivity contribution in [3.05, 3.63) is 15.6 Å². The van der Waals surface area contributed by atoms with Gasteiger partial charge in [-0.1, -0.05) is 6.42 Å². The average molecular weight is 267 g/mol. The molecule has 0 spiro atoms. The highest BCUT2D eigenvalue weighted by molar-refractivity contribution is 7.11. The van der Waals surface area contributed by atoms with Crippen LogP contribution in [-0.2, 0) is 0 Å². The Kier molecular flexibility index (Phi) is 4.76. The van der Waals surface area contributed by atoms with E-state index in [4.69, 9.17) is 0 Å². The molecule has 2 heterocycles. The molecule has 1 aromatic rings. The Morgan fingerprint density at radius 3 is 2.78 bits per heavy atom. The van der Waals surface area contributed by atoms with Crippen molar-refractivity contribution in [1.82, 2.24) is 15.2 Å². The van der Waals surface area contributed by atoms with E-state index in [0.29, 0.717) is 12.1 Å². The molecule has 3 nitrogen and oxygen atoms in total. The van der Waals surface area contributed by atoms with E-state index in [1.165, 1.54) is 41.4 Å². The Balaban J connectivity index is 1.95. The van der Waals surface area contributed by atoms with Crippen LogP contribution >= 0.6 is 11.3 Å². The summed E-state index contributed by atoms with van der Waals surface area (Å²) in [6.07, 6.45) is 4.03. The Morgan fingerprint density at radius 2 is 2.22 bits per heavy atom. The van der Waals surface area contributed by atoms with E-state index in [0.717, 1.165) is 6.54 Å². The molecule has 1 fully saturated rings. The molecule has 2 rings (SSSR count). The van der Waals surface area contributed by atoms with E-state index in [1.807, 2.05) is 11.3 Å². The van der Waals surface area contributed by atoms with Crippen LogP contribution in [0.1, 0.15) is 47.8 Å². The molecule has 0 aliphatic carbocycles.